The summed E-state index contributed by atoms with van der Waals surface area (Å²) in [7, 11) is 0. The molecule has 1 heterocycles. The van der Waals surface area contributed by atoms with Gasteiger partial charge < -0.3 is 10.1 Å². The van der Waals surface area contributed by atoms with E-state index in [-0.39, 0.29) is 11.5 Å². The Labute approximate surface area is 143 Å². The minimum Gasteiger partial charge on any atom is -0.449 e. The molecule has 5 nitrogen and oxygen atoms in total. The lowest BCUT2D eigenvalue weighted by molar-refractivity contribution is -0.123. The minimum atomic E-state index is -0.910. The summed E-state index contributed by atoms with van der Waals surface area (Å²) in [4.78, 5) is 28.0. The van der Waals surface area contributed by atoms with Gasteiger partial charge in [-0.3, -0.25) is 9.78 Å². The number of halogens is 1. The monoisotopic (exact) mass is 376 g/mol. The van der Waals surface area contributed by atoms with E-state index < -0.39 is 12.1 Å². The van der Waals surface area contributed by atoms with Gasteiger partial charge in [0.1, 0.15) is 0 Å². The lowest BCUT2D eigenvalue weighted by atomic mass is 10.1. The molecule has 2 rings (SSSR count). The first-order valence-corrected chi connectivity index (χ1v) is 8.00. The smallest absolute Gasteiger partial charge is 0.340 e. The molecule has 120 valence electrons. The number of benzene rings is 1. The van der Waals surface area contributed by atoms with Crippen LogP contribution in [0.25, 0.3) is 0 Å². The molecule has 6 heteroatoms. The normalized spacial score (nSPS) is 11.6. The van der Waals surface area contributed by atoms with Gasteiger partial charge in [0.25, 0.3) is 5.91 Å². The van der Waals surface area contributed by atoms with Gasteiger partial charge >= 0.3 is 5.97 Å². The van der Waals surface area contributed by atoms with E-state index in [0.717, 1.165) is 6.42 Å². The number of ether oxygens (including phenoxy) is 1. The van der Waals surface area contributed by atoms with Crippen molar-refractivity contribution in [3.8, 4) is 0 Å². The molecule has 0 saturated carbocycles. The van der Waals surface area contributed by atoms with Crippen LogP contribution in [-0.2, 0) is 16.0 Å². The van der Waals surface area contributed by atoms with Gasteiger partial charge in [0, 0.05) is 22.6 Å². The number of carbonyl (C=O) groups is 2. The number of carbonyl (C=O) groups excluding carboxylic acids is 2. The second-order valence-corrected chi connectivity index (χ2v) is 5.89. The molecule has 1 amide bonds. The summed E-state index contributed by atoms with van der Waals surface area (Å²) in [5.74, 6) is -0.978. The topological polar surface area (TPSA) is 68.3 Å². The maximum atomic E-state index is 12.1. The zero-order valence-corrected chi connectivity index (χ0v) is 14.5. The van der Waals surface area contributed by atoms with Gasteiger partial charge in [-0.15, -0.1) is 0 Å². The number of aromatic nitrogens is 1. The predicted octanol–water partition coefficient (Wildman–Crippen LogP) is 3.59. The Hall–Kier alpha value is -2.21. The van der Waals surface area contributed by atoms with Crippen molar-refractivity contribution in [3.05, 3.63) is 58.3 Å². The molecule has 0 aliphatic carbocycles. The van der Waals surface area contributed by atoms with E-state index in [0.29, 0.717) is 10.2 Å². The van der Waals surface area contributed by atoms with Gasteiger partial charge in [0.15, 0.2) is 6.10 Å². The number of anilines is 1. The van der Waals surface area contributed by atoms with Crippen molar-refractivity contribution >= 4 is 33.5 Å². The third-order valence-corrected chi connectivity index (χ3v) is 3.66. The highest BCUT2D eigenvalue weighted by Gasteiger charge is 2.19. The Bertz CT molecular complexity index is 701. The molecule has 1 aromatic heterocycles. The van der Waals surface area contributed by atoms with Crippen molar-refractivity contribution in [2.75, 3.05) is 5.32 Å². The van der Waals surface area contributed by atoms with Crippen molar-refractivity contribution in [1.82, 2.24) is 4.98 Å². The summed E-state index contributed by atoms with van der Waals surface area (Å²) in [5, 5.41) is 2.72. The SMILES string of the molecule is CCc1ccc(NC(=O)[C@H](C)OC(=O)c2cncc(Br)c2)cc1. The van der Waals surface area contributed by atoms with Gasteiger partial charge in [-0.2, -0.15) is 0 Å². The van der Waals surface area contributed by atoms with Crippen LogP contribution in [0.3, 0.4) is 0 Å². The van der Waals surface area contributed by atoms with Crippen molar-refractivity contribution in [2.24, 2.45) is 0 Å². The van der Waals surface area contributed by atoms with Crippen LogP contribution < -0.4 is 5.32 Å². The minimum absolute atomic E-state index is 0.284. The first kappa shape index (κ1) is 17.1. The molecule has 2 aromatic rings. The molecule has 1 N–H and O–H groups in total. The van der Waals surface area contributed by atoms with E-state index in [1.165, 1.54) is 18.7 Å². The summed E-state index contributed by atoms with van der Waals surface area (Å²) in [5.41, 5.74) is 2.13. The molecule has 1 aromatic carbocycles. The van der Waals surface area contributed by atoms with Gasteiger partial charge in [0.2, 0.25) is 0 Å². The molecule has 0 saturated heterocycles. The summed E-state index contributed by atoms with van der Waals surface area (Å²) in [6.45, 7) is 3.59. The average Bonchev–Trinajstić information content (AvgIpc) is 2.55. The van der Waals surface area contributed by atoms with E-state index >= 15 is 0 Å². The van der Waals surface area contributed by atoms with E-state index in [9.17, 15) is 9.59 Å². The Morgan fingerprint density at radius 3 is 2.57 bits per heavy atom. The first-order chi connectivity index (χ1) is 11.0. The molecule has 23 heavy (non-hydrogen) atoms. The third kappa shape index (κ3) is 4.89. The van der Waals surface area contributed by atoms with Crippen LogP contribution >= 0.6 is 15.9 Å². The van der Waals surface area contributed by atoms with Gasteiger partial charge in [-0.05, 0) is 53.0 Å². The molecule has 0 unspecified atom stereocenters. The lowest BCUT2D eigenvalue weighted by Crippen LogP contribution is -2.30. The predicted molar refractivity (Wildman–Crippen MR) is 91.3 cm³/mol. The van der Waals surface area contributed by atoms with Gasteiger partial charge in [0.05, 0.1) is 5.56 Å². The summed E-state index contributed by atoms with van der Waals surface area (Å²) < 4.78 is 5.83. The van der Waals surface area contributed by atoms with Gasteiger partial charge in [-0.1, -0.05) is 19.1 Å². The summed E-state index contributed by atoms with van der Waals surface area (Å²) in [6, 6.07) is 9.12. The summed E-state index contributed by atoms with van der Waals surface area (Å²) >= 11 is 3.23. The maximum absolute atomic E-state index is 12.1. The number of amides is 1. The maximum Gasteiger partial charge on any atom is 0.340 e. The zero-order valence-electron chi connectivity index (χ0n) is 12.9. The fraction of sp³-hybridized carbons (Fsp3) is 0.235. The Kier molecular flexibility index (Phi) is 5.87. The highest BCUT2D eigenvalue weighted by Crippen LogP contribution is 2.13. The summed E-state index contributed by atoms with van der Waals surface area (Å²) in [6.07, 6.45) is 2.98. The van der Waals surface area contributed by atoms with Crippen molar-refractivity contribution < 1.29 is 14.3 Å². The van der Waals surface area contributed by atoms with Crippen LogP contribution in [0.2, 0.25) is 0 Å². The molecule has 0 bridgehead atoms. The van der Waals surface area contributed by atoms with Crippen LogP contribution in [0.15, 0.2) is 47.2 Å². The number of rotatable bonds is 5. The fourth-order valence-electron chi connectivity index (χ4n) is 1.87. The molecule has 0 radical (unpaired) electrons. The van der Waals surface area contributed by atoms with Crippen molar-refractivity contribution in [2.45, 2.75) is 26.4 Å². The number of pyridine rings is 1. The number of nitrogens with one attached hydrogen (secondary N) is 1. The van der Waals surface area contributed by atoms with E-state index in [1.807, 2.05) is 24.3 Å². The Balaban J connectivity index is 1.95. The molecular formula is C17H17BrN2O3. The third-order valence-electron chi connectivity index (χ3n) is 3.22. The largest absolute Gasteiger partial charge is 0.449 e. The number of esters is 1. The molecule has 0 aliphatic heterocycles. The fourth-order valence-corrected chi connectivity index (χ4v) is 2.24. The van der Waals surface area contributed by atoms with Crippen LogP contribution in [-0.4, -0.2) is 23.0 Å². The highest BCUT2D eigenvalue weighted by molar-refractivity contribution is 9.10. The first-order valence-electron chi connectivity index (χ1n) is 7.21. The highest BCUT2D eigenvalue weighted by atomic mass is 79.9. The van der Waals surface area contributed by atoms with Crippen molar-refractivity contribution in [1.29, 1.82) is 0 Å². The van der Waals surface area contributed by atoms with E-state index in [1.54, 1.807) is 12.3 Å². The molecule has 0 aliphatic rings. The quantitative estimate of drug-likeness (QED) is 0.809. The average molecular weight is 377 g/mol. The zero-order chi connectivity index (χ0) is 16.8. The molecular weight excluding hydrogens is 360 g/mol. The number of nitrogens with zero attached hydrogens (tertiary/aromatic N) is 1. The second-order valence-electron chi connectivity index (χ2n) is 4.98. The number of aryl methyl sites for hydroxylation is 1. The molecule has 0 spiro atoms. The van der Waals surface area contributed by atoms with Crippen LogP contribution in [0.4, 0.5) is 5.69 Å². The number of hydrogen-bond donors (Lipinski definition) is 1. The van der Waals surface area contributed by atoms with E-state index in [4.69, 9.17) is 4.74 Å². The molecule has 1 atom stereocenters. The molecule has 0 fully saturated rings. The van der Waals surface area contributed by atoms with Crippen LogP contribution in [0.1, 0.15) is 29.8 Å². The Morgan fingerprint density at radius 2 is 1.96 bits per heavy atom. The second kappa shape index (κ2) is 7.87. The standard InChI is InChI=1S/C17H17BrN2O3/c1-3-12-4-6-15(7-5-12)20-16(21)11(2)23-17(22)13-8-14(18)10-19-9-13/h4-11H,3H2,1-2H3,(H,20,21)/t11-/m0/s1. The Morgan fingerprint density at radius 1 is 1.26 bits per heavy atom. The van der Waals surface area contributed by atoms with Gasteiger partial charge in [-0.25, -0.2) is 4.79 Å². The van der Waals surface area contributed by atoms with E-state index in [2.05, 4.69) is 33.2 Å². The van der Waals surface area contributed by atoms with Crippen LogP contribution in [0.5, 0.6) is 0 Å². The lowest BCUT2D eigenvalue weighted by Gasteiger charge is -2.13. The number of hydrogen-bond acceptors (Lipinski definition) is 4. The van der Waals surface area contributed by atoms with Crippen LogP contribution in [0, 0.1) is 0 Å². The van der Waals surface area contributed by atoms with Crippen molar-refractivity contribution in [3.63, 3.8) is 0 Å².